The van der Waals surface area contributed by atoms with E-state index >= 15 is 0 Å². The molecule has 0 aromatic rings. The second-order valence-corrected chi connectivity index (χ2v) is 12.4. The van der Waals surface area contributed by atoms with Gasteiger partial charge in [-0.1, -0.05) is 143 Å². The zero-order chi connectivity index (χ0) is 28.1. The van der Waals surface area contributed by atoms with Gasteiger partial charge in [0.05, 0.1) is 13.2 Å². The number of carbonyl (C=O) groups is 2. The van der Waals surface area contributed by atoms with Crippen molar-refractivity contribution in [3.63, 3.8) is 0 Å². The molecule has 0 aliphatic carbocycles. The normalized spacial score (nSPS) is 11.4. The molecule has 0 unspecified atom stereocenters. The SMILES string of the molecule is CC(C)CCCCCCCOC(=O)CCCCCCCCCCCCC(=O)OCCCCCCCC(C)C. The molecule has 0 bridgehead atoms. The van der Waals surface area contributed by atoms with E-state index in [1.807, 2.05) is 0 Å². The van der Waals surface area contributed by atoms with Crippen LogP contribution in [0.15, 0.2) is 0 Å². The van der Waals surface area contributed by atoms with E-state index in [-0.39, 0.29) is 11.9 Å². The Bertz CT molecular complexity index is 469. The second-order valence-electron chi connectivity index (χ2n) is 12.4. The Morgan fingerprint density at radius 3 is 0.974 bits per heavy atom. The Balaban J connectivity index is 3.24. The van der Waals surface area contributed by atoms with Crippen molar-refractivity contribution in [2.24, 2.45) is 11.8 Å². The summed E-state index contributed by atoms with van der Waals surface area (Å²) >= 11 is 0. The van der Waals surface area contributed by atoms with Gasteiger partial charge in [-0.15, -0.1) is 0 Å². The Morgan fingerprint density at radius 2 is 0.658 bits per heavy atom. The lowest BCUT2D eigenvalue weighted by Gasteiger charge is -2.06. The number of rotatable bonds is 29. The maximum absolute atomic E-state index is 11.8. The van der Waals surface area contributed by atoms with E-state index < -0.39 is 0 Å². The molecule has 0 heterocycles. The van der Waals surface area contributed by atoms with Crippen molar-refractivity contribution in [3.8, 4) is 0 Å². The second kappa shape index (κ2) is 28.9. The highest BCUT2D eigenvalue weighted by atomic mass is 16.5. The molecule has 0 radical (unpaired) electrons. The minimum Gasteiger partial charge on any atom is -0.466 e. The molecule has 0 amide bonds. The van der Waals surface area contributed by atoms with E-state index in [2.05, 4.69) is 27.7 Å². The fourth-order valence-electron chi connectivity index (χ4n) is 4.84. The Kier molecular flexibility index (Phi) is 28.1. The van der Waals surface area contributed by atoms with Gasteiger partial charge in [-0.3, -0.25) is 9.59 Å². The first-order chi connectivity index (χ1) is 18.4. The Hall–Kier alpha value is -1.06. The van der Waals surface area contributed by atoms with Crippen LogP contribution in [0.1, 0.15) is 182 Å². The highest BCUT2D eigenvalue weighted by Gasteiger charge is 2.04. The van der Waals surface area contributed by atoms with Crippen LogP contribution in [0.2, 0.25) is 0 Å². The molecule has 38 heavy (non-hydrogen) atoms. The summed E-state index contributed by atoms with van der Waals surface area (Å²) in [4.78, 5) is 23.7. The number of unbranched alkanes of at least 4 members (excludes halogenated alkanes) is 17. The first kappa shape index (κ1) is 36.9. The van der Waals surface area contributed by atoms with Crippen LogP contribution < -0.4 is 0 Å². The molecule has 0 aliphatic rings. The summed E-state index contributed by atoms with van der Waals surface area (Å²) in [5.74, 6) is 1.59. The van der Waals surface area contributed by atoms with E-state index in [4.69, 9.17) is 9.47 Å². The molecule has 0 aromatic heterocycles. The first-order valence-electron chi connectivity index (χ1n) is 16.7. The van der Waals surface area contributed by atoms with Crippen molar-refractivity contribution < 1.29 is 19.1 Å². The smallest absolute Gasteiger partial charge is 0.305 e. The Morgan fingerprint density at radius 1 is 0.395 bits per heavy atom. The van der Waals surface area contributed by atoms with Gasteiger partial charge in [-0.2, -0.15) is 0 Å². The van der Waals surface area contributed by atoms with Crippen LogP contribution in [0, 0.1) is 11.8 Å². The molecule has 0 aromatic carbocycles. The summed E-state index contributed by atoms with van der Waals surface area (Å²) in [6, 6.07) is 0. The quantitative estimate of drug-likeness (QED) is 0.0702. The summed E-state index contributed by atoms with van der Waals surface area (Å²) in [7, 11) is 0. The van der Waals surface area contributed by atoms with Crippen molar-refractivity contribution in [1.82, 2.24) is 0 Å². The predicted molar refractivity (Wildman–Crippen MR) is 162 cm³/mol. The van der Waals surface area contributed by atoms with Crippen molar-refractivity contribution >= 4 is 11.9 Å². The van der Waals surface area contributed by atoms with Gasteiger partial charge < -0.3 is 9.47 Å². The molecule has 0 spiro atoms. The number of hydrogen-bond donors (Lipinski definition) is 0. The Labute approximate surface area is 237 Å². The maximum atomic E-state index is 11.8. The van der Waals surface area contributed by atoms with Crippen LogP contribution >= 0.6 is 0 Å². The molecule has 0 saturated carbocycles. The summed E-state index contributed by atoms with van der Waals surface area (Å²) in [6.07, 6.45) is 27.7. The van der Waals surface area contributed by atoms with Crippen LogP contribution in [0.25, 0.3) is 0 Å². The van der Waals surface area contributed by atoms with Crippen LogP contribution in [0.5, 0.6) is 0 Å². The van der Waals surface area contributed by atoms with E-state index in [0.29, 0.717) is 26.1 Å². The van der Waals surface area contributed by atoms with Crippen LogP contribution in [0.4, 0.5) is 0 Å². The first-order valence-corrected chi connectivity index (χ1v) is 16.7. The molecule has 0 saturated heterocycles. The lowest BCUT2D eigenvalue weighted by atomic mass is 10.0. The van der Waals surface area contributed by atoms with Gasteiger partial charge in [0.15, 0.2) is 0 Å². The topological polar surface area (TPSA) is 52.6 Å². The predicted octanol–water partition coefficient (Wildman–Crippen LogP) is 10.7. The van der Waals surface area contributed by atoms with Crippen LogP contribution in [-0.4, -0.2) is 25.2 Å². The van der Waals surface area contributed by atoms with Crippen LogP contribution in [0.3, 0.4) is 0 Å². The van der Waals surface area contributed by atoms with Gasteiger partial charge in [0, 0.05) is 12.8 Å². The molecule has 0 aliphatic heterocycles. The molecule has 4 nitrogen and oxygen atoms in total. The van der Waals surface area contributed by atoms with Crippen molar-refractivity contribution in [1.29, 1.82) is 0 Å². The summed E-state index contributed by atoms with van der Waals surface area (Å²) in [5, 5.41) is 0. The van der Waals surface area contributed by atoms with Gasteiger partial charge >= 0.3 is 11.9 Å². The third kappa shape index (κ3) is 31.2. The molecule has 0 N–H and O–H groups in total. The van der Waals surface area contributed by atoms with Crippen molar-refractivity contribution in [2.75, 3.05) is 13.2 Å². The molecule has 226 valence electrons. The molecule has 0 atom stereocenters. The number of esters is 2. The van der Waals surface area contributed by atoms with E-state index in [9.17, 15) is 9.59 Å². The average Bonchev–Trinajstić information content (AvgIpc) is 2.87. The average molecular weight is 539 g/mol. The third-order valence-electron chi connectivity index (χ3n) is 7.39. The summed E-state index contributed by atoms with van der Waals surface area (Å²) in [5.41, 5.74) is 0. The number of ether oxygens (including phenoxy) is 2. The maximum Gasteiger partial charge on any atom is 0.305 e. The monoisotopic (exact) mass is 538 g/mol. The fourth-order valence-corrected chi connectivity index (χ4v) is 4.84. The fraction of sp³-hybridized carbons (Fsp3) is 0.941. The van der Waals surface area contributed by atoms with E-state index in [0.717, 1.165) is 50.4 Å². The van der Waals surface area contributed by atoms with Gasteiger partial charge in [-0.05, 0) is 37.5 Å². The molecular weight excluding hydrogens is 472 g/mol. The highest BCUT2D eigenvalue weighted by molar-refractivity contribution is 5.69. The standard InChI is InChI=1S/C34H66O4/c1-31(2)25-19-13-11-17-23-29-37-33(35)27-21-15-9-7-5-6-8-10-16-22-28-34(36)38-30-24-18-12-14-20-26-32(3)4/h31-32H,5-30H2,1-4H3. The molecule has 0 rings (SSSR count). The van der Waals surface area contributed by atoms with Gasteiger partial charge in [0.2, 0.25) is 0 Å². The zero-order valence-corrected chi connectivity index (χ0v) is 26.2. The largest absolute Gasteiger partial charge is 0.466 e. The number of carbonyl (C=O) groups excluding carboxylic acids is 2. The van der Waals surface area contributed by atoms with Crippen LogP contribution in [-0.2, 0) is 19.1 Å². The summed E-state index contributed by atoms with van der Waals surface area (Å²) < 4.78 is 10.7. The van der Waals surface area contributed by atoms with Gasteiger partial charge in [0.1, 0.15) is 0 Å². The summed E-state index contributed by atoms with van der Waals surface area (Å²) in [6.45, 7) is 10.3. The number of hydrogen-bond acceptors (Lipinski definition) is 4. The lowest BCUT2D eigenvalue weighted by Crippen LogP contribution is -2.05. The van der Waals surface area contributed by atoms with Crippen molar-refractivity contribution in [2.45, 2.75) is 182 Å². The van der Waals surface area contributed by atoms with Crippen molar-refractivity contribution in [3.05, 3.63) is 0 Å². The molecular formula is C34H66O4. The van der Waals surface area contributed by atoms with E-state index in [1.165, 1.54) is 103 Å². The zero-order valence-electron chi connectivity index (χ0n) is 26.2. The minimum absolute atomic E-state index is 0.0128. The highest BCUT2D eigenvalue weighted by Crippen LogP contribution is 2.14. The van der Waals surface area contributed by atoms with Gasteiger partial charge in [0.25, 0.3) is 0 Å². The molecule has 4 heteroatoms. The molecule has 0 fully saturated rings. The van der Waals surface area contributed by atoms with Gasteiger partial charge in [-0.25, -0.2) is 0 Å². The third-order valence-corrected chi connectivity index (χ3v) is 7.39. The minimum atomic E-state index is -0.0128. The lowest BCUT2D eigenvalue weighted by molar-refractivity contribution is -0.144. The van der Waals surface area contributed by atoms with E-state index in [1.54, 1.807) is 0 Å².